The zero-order chi connectivity index (χ0) is 23.1. The number of hydrogen-bond acceptors (Lipinski definition) is 5. The van der Waals surface area contributed by atoms with Crippen molar-refractivity contribution in [2.45, 2.75) is 19.3 Å². The first-order valence-corrected chi connectivity index (χ1v) is 12.2. The summed E-state index contributed by atoms with van der Waals surface area (Å²) in [5.74, 6) is 0.678. The first-order chi connectivity index (χ1) is 16.7. The van der Waals surface area contributed by atoms with Crippen molar-refractivity contribution in [3.8, 4) is 11.3 Å². The molecular weight excluding hydrogens is 440 g/mol. The van der Waals surface area contributed by atoms with E-state index in [1.54, 1.807) is 6.26 Å². The molecule has 2 N–H and O–H groups in total. The molecule has 1 aliphatic carbocycles. The Kier molecular flexibility index (Phi) is 5.12. The number of fused-ring (bicyclic) bond motifs is 2. The maximum Gasteiger partial charge on any atom is 0.205 e. The number of carbonyl (C=O) groups is 1. The molecule has 0 fully saturated rings. The van der Waals surface area contributed by atoms with Gasteiger partial charge in [0.15, 0.2) is 0 Å². The molecule has 6 rings (SSSR count). The summed E-state index contributed by atoms with van der Waals surface area (Å²) in [5.41, 5.74) is 13.2. The maximum atomic E-state index is 13.3. The van der Waals surface area contributed by atoms with Crippen molar-refractivity contribution < 1.29 is 9.21 Å². The van der Waals surface area contributed by atoms with E-state index in [0.29, 0.717) is 16.1 Å². The van der Waals surface area contributed by atoms with Gasteiger partial charge in [0.05, 0.1) is 17.6 Å². The van der Waals surface area contributed by atoms with Crippen LogP contribution in [0.3, 0.4) is 0 Å². The van der Waals surface area contributed by atoms with Crippen LogP contribution < -0.4 is 5.73 Å². The van der Waals surface area contributed by atoms with Crippen LogP contribution in [0.25, 0.3) is 33.2 Å². The number of nitrogens with two attached hydrogens (primary N) is 1. The molecule has 2 aromatic carbocycles. The van der Waals surface area contributed by atoms with Crippen molar-refractivity contribution in [1.29, 1.82) is 0 Å². The number of hydrogen-bond donors (Lipinski definition) is 1. The highest BCUT2D eigenvalue weighted by atomic mass is 32.1. The van der Waals surface area contributed by atoms with Gasteiger partial charge in [0.1, 0.15) is 15.5 Å². The van der Waals surface area contributed by atoms with Gasteiger partial charge in [0.2, 0.25) is 5.78 Å². The van der Waals surface area contributed by atoms with Crippen LogP contribution in [-0.4, -0.2) is 10.8 Å². The van der Waals surface area contributed by atoms with Gasteiger partial charge in [0, 0.05) is 16.5 Å². The molecule has 34 heavy (non-hydrogen) atoms. The third-order valence-electron chi connectivity index (χ3n) is 6.30. The minimum atomic E-state index is -0.0792. The number of nitrogen functional groups attached to an aromatic ring is 1. The van der Waals surface area contributed by atoms with Crippen LogP contribution >= 0.6 is 11.3 Å². The molecule has 3 aromatic heterocycles. The second-order valence-corrected chi connectivity index (χ2v) is 9.44. The zero-order valence-electron chi connectivity index (χ0n) is 18.5. The molecule has 0 atom stereocenters. The minimum absolute atomic E-state index is 0.0792. The van der Waals surface area contributed by atoms with Crippen molar-refractivity contribution in [1.82, 2.24) is 4.98 Å². The fraction of sp³-hybridized carbons (Fsp3) is 0.103. The van der Waals surface area contributed by atoms with Crippen LogP contribution in [0.1, 0.15) is 44.9 Å². The summed E-state index contributed by atoms with van der Waals surface area (Å²) in [5, 5.41) is 0.818. The van der Waals surface area contributed by atoms with Crippen LogP contribution in [0.2, 0.25) is 0 Å². The first-order valence-electron chi connectivity index (χ1n) is 11.3. The second-order valence-electron chi connectivity index (χ2n) is 8.45. The number of furan rings is 1. The fourth-order valence-electron chi connectivity index (χ4n) is 4.75. The summed E-state index contributed by atoms with van der Waals surface area (Å²) in [6, 6.07) is 23.4. The van der Waals surface area contributed by atoms with Gasteiger partial charge in [-0.1, -0.05) is 60.7 Å². The Morgan fingerprint density at radius 2 is 1.74 bits per heavy atom. The number of benzene rings is 2. The Bertz CT molecular complexity index is 1530. The molecule has 0 unspecified atom stereocenters. The normalized spacial score (nSPS) is 14.4. The van der Waals surface area contributed by atoms with Crippen LogP contribution in [-0.2, 0) is 6.42 Å². The van der Waals surface area contributed by atoms with Crippen molar-refractivity contribution in [3.05, 3.63) is 106 Å². The van der Waals surface area contributed by atoms with Crippen LogP contribution in [0.5, 0.6) is 0 Å². The highest BCUT2D eigenvalue weighted by molar-refractivity contribution is 7.21. The number of pyridine rings is 1. The molecule has 0 saturated heterocycles. The molecule has 3 heterocycles. The van der Waals surface area contributed by atoms with E-state index < -0.39 is 0 Å². The van der Waals surface area contributed by atoms with E-state index in [9.17, 15) is 4.79 Å². The van der Waals surface area contributed by atoms with Crippen LogP contribution in [0.15, 0.2) is 83.5 Å². The average Bonchev–Trinajstić information content (AvgIpc) is 3.52. The summed E-state index contributed by atoms with van der Waals surface area (Å²) in [6.07, 6.45) is 6.75. The number of nitrogens with zero attached hydrogens (tertiary/aromatic N) is 1. The third kappa shape index (κ3) is 3.45. The lowest BCUT2D eigenvalue weighted by Crippen LogP contribution is -2.07. The quantitative estimate of drug-likeness (QED) is 0.286. The first kappa shape index (κ1) is 20.6. The monoisotopic (exact) mass is 462 g/mol. The average molecular weight is 463 g/mol. The molecule has 0 amide bonds. The number of allylic oxidation sites excluding steroid dienone is 1. The van der Waals surface area contributed by atoms with Crippen molar-refractivity contribution in [2.24, 2.45) is 0 Å². The molecule has 4 nitrogen and oxygen atoms in total. The van der Waals surface area contributed by atoms with Gasteiger partial charge in [-0.2, -0.15) is 0 Å². The summed E-state index contributed by atoms with van der Waals surface area (Å²) >= 11 is 1.36. The standard InChI is InChI=1S/C29H22N2O2S/c30-25-24-23(22-15-8-16-33-22)21-14-7-13-20(17-18-9-3-1-4-10-18)26(21)31-29(24)34-28(25)27(32)19-11-5-2-6-12-19/h1-6,8-12,15-17H,7,13-14,30H2. The predicted octanol–water partition coefficient (Wildman–Crippen LogP) is 7.25. The van der Waals surface area contributed by atoms with E-state index in [2.05, 4.69) is 18.2 Å². The largest absolute Gasteiger partial charge is 0.464 e. The van der Waals surface area contributed by atoms with Crippen LogP contribution in [0, 0.1) is 0 Å². The number of carbonyl (C=O) groups excluding carboxylic acids is 1. The molecule has 0 saturated carbocycles. The number of ketones is 1. The molecule has 1 aliphatic rings. The van der Waals surface area contributed by atoms with Gasteiger partial charge >= 0.3 is 0 Å². The summed E-state index contributed by atoms with van der Waals surface area (Å²) < 4.78 is 5.87. The maximum absolute atomic E-state index is 13.3. The second kappa shape index (κ2) is 8.43. The van der Waals surface area contributed by atoms with Crippen molar-refractivity contribution in [3.63, 3.8) is 0 Å². The molecule has 166 valence electrons. The lowest BCUT2D eigenvalue weighted by Gasteiger charge is -2.21. The lowest BCUT2D eigenvalue weighted by atomic mass is 9.85. The smallest absolute Gasteiger partial charge is 0.205 e. The number of thiophene rings is 1. The highest BCUT2D eigenvalue weighted by Crippen LogP contribution is 2.46. The summed E-state index contributed by atoms with van der Waals surface area (Å²) in [4.78, 5) is 19.7. The van der Waals surface area contributed by atoms with E-state index in [-0.39, 0.29) is 5.78 Å². The number of aromatic nitrogens is 1. The van der Waals surface area contributed by atoms with Gasteiger partial charge in [-0.15, -0.1) is 11.3 Å². The van der Waals surface area contributed by atoms with E-state index in [4.69, 9.17) is 15.1 Å². The van der Waals surface area contributed by atoms with Gasteiger partial charge in [-0.05, 0) is 54.2 Å². The lowest BCUT2D eigenvalue weighted by molar-refractivity contribution is 0.104. The Morgan fingerprint density at radius 1 is 0.971 bits per heavy atom. The van der Waals surface area contributed by atoms with Crippen LogP contribution in [0.4, 0.5) is 5.69 Å². The van der Waals surface area contributed by atoms with E-state index in [0.717, 1.165) is 57.6 Å². The molecular formula is C29H22N2O2S. The molecule has 5 aromatic rings. The van der Waals surface area contributed by atoms with E-state index in [1.165, 1.54) is 16.9 Å². The van der Waals surface area contributed by atoms with Crippen molar-refractivity contribution in [2.75, 3.05) is 5.73 Å². The fourth-order valence-corrected chi connectivity index (χ4v) is 5.81. The molecule has 0 radical (unpaired) electrons. The Balaban J connectivity index is 1.61. The van der Waals surface area contributed by atoms with Gasteiger partial charge < -0.3 is 10.2 Å². The summed E-state index contributed by atoms with van der Waals surface area (Å²) in [7, 11) is 0. The highest BCUT2D eigenvalue weighted by Gasteiger charge is 2.28. The molecule has 5 heteroatoms. The van der Waals surface area contributed by atoms with Gasteiger partial charge in [0.25, 0.3) is 0 Å². The number of anilines is 1. The Morgan fingerprint density at radius 3 is 2.47 bits per heavy atom. The summed E-state index contributed by atoms with van der Waals surface area (Å²) in [6.45, 7) is 0. The van der Waals surface area contributed by atoms with Gasteiger partial charge in [-0.25, -0.2) is 4.98 Å². The van der Waals surface area contributed by atoms with Gasteiger partial charge in [-0.3, -0.25) is 4.79 Å². The molecule has 0 bridgehead atoms. The van der Waals surface area contributed by atoms with Crippen molar-refractivity contribution >= 4 is 44.7 Å². The Labute approximate surface area is 201 Å². The third-order valence-corrected chi connectivity index (χ3v) is 7.40. The number of rotatable bonds is 4. The minimum Gasteiger partial charge on any atom is -0.464 e. The van der Waals surface area contributed by atoms with E-state index in [1.807, 2.05) is 60.7 Å². The van der Waals surface area contributed by atoms with E-state index >= 15 is 0 Å². The SMILES string of the molecule is Nc1c(C(=O)c2ccccc2)sc2nc3c(c(-c4ccco4)c12)CCCC3=Cc1ccccc1. The topological polar surface area (TPSA) is 69.1 Å². The zero-order valence-corrected chi connectivity index (χ0v) is 19.3. The molecule has 0 aliphatic heterocycles. The molecule has 0 spiro atoms. The predicted molar refractivity (Wildman–Crippen MR) is 139 cm³/mol. The Hall–Kier alpha value is -3.96.